The molecule has 0 radical (unpaired) electrons. The molecule has 0 spiro atoms. The summed E-state index contributed by atoms with van der Waals surface area (Å²) in [6, 6.07) is 7.63. The van der Waals surface area contributed by atoms with Crippen molar-refractivity contribution in [3.05, 3.63) is 53.0 Å². The van der Waals surface area contributed by atoms with E-state index in [0.717, 1.165) is 11.1 Å². The van der Waals surface area contributed by atoms with Gasteiger partial charge in [0, 0.05) is 5.56 Å². The molecule has 0 aliphatic heterocycles. The van der Waals surface area contributed by atoms with Crippen LogP contribution in [0.3, 0.4) is 0 Å². The molecule has 0 atom stereocenters. The van der Waals surface area contributed by atoms with Gasteiger partial charge < -0.3 is 13.9 Å². The highest BCUT2D eigenvalue weighted by molar-refractivity contribution is 6.08. The third-order valence-electron chi connectivity index (χ3n) is 3.50. The molecule has 0 N–H and O–H groups in total. The fraction of sp³-hybridized carbons (Fsp3) is 0.300. The Morgan fingerprint density at radius 1 is 1.12 bits per heavy atom. The molecule has 25 heavy (non-hydrogen) atoms. The van der Waals surface area contributed by atoms with Gasteiger partial charge in [0.25, 0.3) is 0 Å². The molecule has 2 aromatic rings. The molecule has 0 aliphatic rings. The minimum Gasteiger partial charge on any atom is -0.462 e. The molecule has 5 nitrogen and oxygen atoms in total. The molecule has 0 bridgehead atoms. The number of carbonyl (C=O) groups excluding carboxylic acids is 2. The summed E-state index contributed by atoms with van der Waals surface area (Å²) in [4.78, 5) is 24.9. The van der Waals surface area contributed by atoms with Crippen LogP contribution in [0.4, 0.5) is 0 Å². The van der Waals surface area contributed by atoms with Crippen LogP contribution in [0.15, 0.2) is 34.8 Å². The number of hydrogen-bond donors (Lipinski definition) is 0. The summed E-state index contributed by atoms with van der Waals surface area (Å²) in [5.74, 6) is -1.01. The first-order chi connectivity index (χ1) is 12.0. The summed E-state index contributed by atoms with van der Waals surface area (Å²) in [5, 5.41) is 0. The molecular weight excluding hydrogens is 320 g/mol. The Bertz CT molecular complexity index is 798. The topological polar surface area (TPSA) is 65.7 Å². The SMILES string of the molecule is C/C=C/c1oc(C(=O)OCC)c(C(=O)OCC)c1-c1cccc(C)c1. The molecule has 0 saturated carbocycles. The highest BCUT2D eigenvalue weighted by Crippen LogP contribution is 2.35. The van der Waals surface area contributed by atoms with Gasteiger partial charge in [-0.3, -0.25) is 0 Å². The quantitative estimate of drug-likeness (QED) is 0.715. The van der Waals surface area contributed by atoms with E-state index >= 15 is 0 Å². The molecular formula is C20H22O5. The van der Waals surface area contributed by atoms with Crippen LogP contribution in [0.25, 0.3) is 17.2 Å². The fourth-order valence-corrected chi connectivity index (χ4v) is 2.54. The van der Waals surface area contributed by atoms with E-state index in [1.807, 2.05) is 38.1 Å². The average Bonchev–Trinajstić information content (AvgIpc) is 2.95. The second kappa shape index (κ2) is 8.33. The van der Waals surface area contributed by atoms with E-state index in [-0.39, 0.29) is 24.5 Å². The number of rotatable bonds is 6. The lowest BCUT2D eigenvalue weighted by molar-refractivity contribution is 0.0452. The molecule has 5 heteroatoms. The highest BCUT2D eigenvalue weighted by atomic mass is 16.5. The van der Waals surface area contributed by atoms with Crippen molar-refractivity contribution >= 4 is 18.0 Å². The summed E-state index contributed by atoms with van der Waals surface area (Å²) in [5.41, 5.74) is 2.43. The van der Waals surface area contributed by atoms with E-state index in [0.29, 0.717) is 11.3 Å². The first kappa shape index (κ1) is 18.5. The molecule has 1 heterocycles. The molecule has 132 valence electrons. The Labute approximate surface area is 147 Å². The van der Waals surface area contributed by atoms with Gasteiger partial charge in [-0.15, -0.1) is 0 Å². The van der Waals surface area contributed by atoms with Crippen LogP contribution in [-0.2, 0) is 9.47 Å². The van der Waals surface area contributed by atoms with Crippen molar-refractivity contribution < 1.29 is 23.5 Å². The summed E-state index contributed by atoms with van der Waals surface area (Å²) in [6.45, 7) is 7.56. The summed E-state index contributed by atoms with van der Waals surface area (Å²) in [7, 11) is 0. The second-order valence-corrected chi connectivity index (χ2v) is 5.36. The van der Waals surface area contributed by atoms with E-state index in [1.54, 1.807) is 26.0 Å². The molecule has 0 aliphatic carbocycles. The minimum absolute atomic E-state index is 0.0963. The largest absolute Gasteiger partial charge is 0.462 e. The van der Waals surface area contributed by atoms with Crippen LogP contribution in [-0.4, -0.2) is 25.2 Å². The third kappa shape index (κ3) is 3.99. The molecule has 1 aromatic heterocycles. The van der Waals surface area contributed by atoms with Crippen LogP contribution >= 0.6 is 0 Å². The normalized spacial score (nSPS) is 10.9. The number of esters is 2. The number of carbonyl (C=O) groups is 2. The summed E-state index contributed by atoms with van der Waals surface area (Å²) in [6.07, 6.45) is 3.49. The van der Waals surface area contributed by atoms with Crippen molar-refractivity contribution in [2.45, 2.75) is 27.7 Å². The zero-order chi connectivity index (χ0) is 18.4. The molecule has 2 rings (SSSR count). The molecule has 1 aromatic carbocycles. The number of hydrogen-bond acceptors (Lipinski definition) is 5. The van der Waals surface area contributed by atoms with E-state index in [1.165, 1.54) is 0 Å². The maximum absolute atomic E-state index is 12.6. The van der Waals surface area contributed by atoms with Crippen LogP contribution in [0.1, 0.15) is 53.0 Å². The van der Waals surface area contributed by atoms with E-state index in [2.05, 4.69) is 0 Å². The number of ether oxygens (including phenoxy) is 2. The highest BCUT2D eigenvalue weighted by Gasteiger charge is 2.31. The number of allylic oxidation sites excluding steroid dienone is 1. The standard InChI is InChI=1S/C20H22O5/c1-5-9-15-16(14-11-8-10-13(4)12-14)17(19(21)23-6-2)18(25-15)20(22)24-7-3/h5,8-12H,6-7H2,1-4H3/b9-5+. The van der Waals surface area contributed by atoms with Crippen molar-refractivity contribution in [2.24, 2.45) is 0 Å². The number of aryl methyl sites for hydroxylation is 1. The van der Waals surface area contributed by atoms with Gasteiger partial charge in [-0.05, 0) is 39.3 Å². The van der Waals surface area contributed by atoms with Crippen LogP contribution < -0.4 is 0 Å². The lowest BCUT2D eigenvalue weighted by atomic mass is 9.98. The summed E-state index contributed by atoms with van der Waals surface area (Å²) < 4.78 is 15.9. The van der Waals surface area contributed by atoms with Gasteiger partial charge in [0.1, 0.15) is 11.3 Å². The number of benzene rings is 1. The van der Waals surface area contributed by atoms with Crippen LogP contribution in [0.2, 0.25) is 0 Å². The molecule has 0 fully saturated rings. The molecule has 0 amide bonds. The van der Waals surface area contributed by atoms with E-state index < -0.39 is 11.9 Å². The van der Waals surface area contributed by atoms with E-state index in [9.17, 15) is 9.59 Å². The van der Waals surface area contributed by atoms with Gasteiger partial charge in [0.15, 0.2) is 0 Å². The van der Waals surface area contributed by atoms with Crippen molar-refractivity contribution in [1.29, 1.82) is 0 Å². The van der Waals surface area contributed by atoms with Crippen LogP contribution in [0.5, 0.6) is 0 Å². The first-order valence-electron chi connectivity index (χ1n) is 8.24. The van der Waals surface area contributed by atoms with Gasteiger partial charge in [0.2, 0.25) is 5.76 Å². The monoisotopic (exact) mass is 342 g/mol. The zero-order valence-electron chi connectivity index (χ0n) is 14.9. The Morgan fingerprint density at radius 2 is 1.80 bits per heavy atom. The first-order valence-corrected chi connectivity index (χ1v) is 8.24. The Kier molecular flexibility index (Phi) is 6.17. The van der Waals surface area contributed by atoms with Crippen molar-refractivity contribution in [2.75, 3.05) is 13.2 Å². The smallest absolute Gasteiger partial charge is 0.375 e. The van der Waals surface area contributed by atoms with Gasteiger partial charge in [-0.1, -0.05) is 35.9 Å². The lowest BCUT2D eigenvalue weighted by Crippen LogP contribution is -2.13. The van der Waals surface area contributed by atoms with Crippen molar-refractivity contribution in [3.63, 3.8) is 0 Å². The molecule has 0 saturated heterocycles. The molecule has 0 unspecified atom stereocenters. The van der Waals surface area contributed by atoms with Crippen molar-refractivity contribution in [3.8, 4) is 11.1 Å². The lowest BCUT2D eigenvalue weighted by Gasteiger charge is -2.07. The number of furan rings is 1. The van der Waals surface area contributed by atoms with Gasteiger partial charge in [0.05, 0.1) is 13.2 Å². The second-order valence-electron chi connectivity index (χ2n) is 5.36. The predicted molar refractivity (Wildman–Crippen MR) is 95.5 cm³/mol. The minimum atomic E-state index is -0.685. The van der Waals surface area contributed by atoms with E-state index in [4.69, 9.17) is 13.9 Å². The summed E-state index contributed by atoms with van der Waals surface area (Å²) >= 11 is 0. The Morgan fingerprint density at radius 3 is 2.40 bits per heavy atom. The van der Waals surface area contributed by atoms with Gasteiger partial charge in [-0.25, -0.2) is 9.59 Å². The van der Waals surface area contributed by atoms with Crippen LogP contribution in [0, 0.1) is 6.92 Å². The maximum atomic E-state index is 12.6. The Balaban J connectivity index is 2.76. The predicted octanol–water partition coefficient (Wildman–Crippen LogP) is 4.64. The third-order valence-corrected chi connectivity index (χ3v) is 3.50. The zero-order valence-corrected chi connectivity index (χ0v) is 14.9. The maximum Gasteiger partial charge on any atom is 0.375 e. The van der Waals surface area contributed by atoms with Gasteiger partial charge in [-0.2, -0.15) is 0 Å². The Hall–Kier alpha value is -2.82. The van der Waals surface area contributed by atoms with Gasteiger partial charge >= 0.3 is 11.9 Å². The van der Waals surface area contributed by atoms with Crippen molar-refractivity contribution in [1.82, 2.24) is 0 Å². The average molecular weight is 342 g/mol. The fourth-order valence-electron chi connectivity index (χ4n) is 2.54.